The van der Waals surface area contributed by atoms with Crippen molar-refractivity contribution in [1.82, 2.24) is 5.32 Å². The van der Waals surface area contributed by atoms with Crippen molar-refractivity contribution in [2.24, 2.45) is 5.92 Å². The summed E-state index contributed by atoms with van der Waals surface area (Å²) in [7, 11) is 0. The molecule has 0 spiro atoms. The number of piperidine rings is 1. The van der Waals surface area contributed by atoms with Crippen LogP contribution in [0, 0.1) is 11.7 Å². The Morgan fingerprint density at radius 2 is 2.31 bits per heavy atom. The van der Waals surface area contributed by atoms with Gasteiger partial charge in [0.1, 0.15) is 5.82 Å². The maximum Gasteiger partial charge on any atom is 0.126 e. The highest BCUT2D eigenvalue weighted by atomic mass is 19.1. The largest absolute Gasteiger partial charge is 0.316 e. The van der Waals surface area contributed by atoms with Crippen LogP contribution in [0.5, 0.6) is 0 Å². The molecule has 1 heterocycles. The molecule has 0 aromatic heterocycles. The molecule has 2 heteroatoms. The van der Waals surface area contributed by atoms with Crippen molar-refractivity contribution in [2.75, 3.05) is 13.1 Å². The van der Waals surface area contributed by atoms with E-state index in [4.69, 9.17) is 0 Å². The summed E-state index contributed by atoms with van der Waals surface area (Å²) in [5, 5.41) is 3.42. The van der Waals surface area contributed by atoms with E-state index in [1.165, 1.54) is 18.4 Å². The summed E-state index contributed by atoms with van der Waals surface area (Å²) in [6.45, 7) is 4.27. The van der Waals surface area contributed by atoms with Gasteiger partial charge in [0.2, 0.25) is 0 Å². The molecular weight excluding hydrogens is 201 g/mol. The van der Waals surface area contributed by atoms with Gasteiger partial charge in [-0.1, -0.05) is 19.1 Å². The summed E-state index contributed by atoms with van der Waals surface area (Å²) < 4.78 is 13.3. The van der Waals surface area contributed by atoms with Gasteiger partial charge in [-0.05, 0) is 61.9 Å². The van der Waals surface area contributed by atoms with Crippen LogP contribution >= 0.6 is 0 Å². The lowest BCUT2D eigenvalue weighted by Gasteiger charge is -2.22. The van der Waals surface area contributed by atoms with Gasteiger partial charge in [0.15, 0.2) is 0 Å². The molecule has 1 nitrogen and oxygen atoms in total. The van der Waals surface area contributed by atoms with Crippen LogP contribution in [0.3, 0.4) is 0 Å². The average Bonchev–Trinajstić information content (AvgIpc) is 2.33. The zero-order valence-corrected chi connectivity index (χ0v) is 9.93. The molecule has 1 saturated heterocycles. The monoisotopic (exact) mass is 221 g/mol. The van der Waals surface area contributed by atoms with Crippen LogP contribution < -0.4 is 5.32 Å². The molecular formula is C14H20FN. The van der Waals surface area contributed by atoms with Crippen LogP contribution in [-0.4, -0.2) is 13.1 Å². The van der Waals surface area contributed by atoms with Gasteiger partial charge in [-0.15, -0.1) is 0 Å². The highest BCUT2D eigenvalue weighted by molar-refractivity contribution is 5.25. The molecule has 2 rings (SSSR count). The van der Waals surface area contributed by atoms with Crippen molar-refractivity contribution < 1.29 is 4.39 Å². The van der Waals surface area contributed by atoms with Crippen LogP contribution in [0.2, 0.25) is 0 Å². The minimum atomic E-state index is -0.0620. The first-order valence-corrected chi connectivity index (χ1v) is 6.27. The van der Waals surface area contributed by atoms with Crippen LogP contribution in [0.4, 0.5) is 4.39 Å². The third-order valence-electron chi connectivity index (χ3n) is 3.41. The van der Waals surface area contributed by atoms with Gasteiger partial charge in [-0.3, -0.25) is 0 Å². The van der Waals surface area contributed by atoms with Crippen LogP contribution in [0.25, 0.3) is 0 Å². The van der Waals surface area contributed by atoms with E-state index in [1.807, 2.05) is 19.1 Å². The van der Waals surface area contributed by atoms with Crippen molar-refractivity contribution >= 4 is 0 Å². The number of rotatable bonds is 3. The Balaban J connectivity index is 2.03. The molecule has 0 radical (unpaired) electrons. The molecule has 16 heavy (non-hydrogen) atoms. The normalized spacial score (nSPS) is 21.0. The first-order valence-electron chi connectivity index (χ1n) is 6.27. The summed E-state index contributed by atoms with van der Waals surface area (Å²) in [4.78, 5) is 0. The van der Waals surface area contributed by atoms with E-state index in [1.54, 1.807) is 6.07 Å². The zero-order valence-electron chi connectivity index (χ0n) is 9.93. The molecule has 1 aromatic carbocycles. The first-order chi connectivity index (χ1) is 7.79. The van der Waals surface area contributed by atoms with E-state index in [-0.39, 0.29) is 5.82 Å². The standard InChI is InChI=1S/C14H20FN/c1-2-13-9-11(5-6-14(13)15)8-12-4-3-7-16-10-12/h5-6,9,12,16H,2-4,7-8,10H2,1H3. The number of benzene rings is 1. The van der Waals surface area contributed by atoms with Crippen LogP contribution in [0.15, 0.2) is 18.2 Å². The van der Waals surface area contributed by atoms with Gasteiger partial charge in [-0.25, -0.2) is 4.39 Å². The topological polar surface area (TPSA) is 12.0 Å². The number of hydrogen-bond donors (Lipinski definition) is 1. The van der Waals surface area contributed by atoms with Gasteiger partial charge in [0.05, 0.1) is 0 Å². The predicted molar refractivity (Wildman–Crippen MR) is 65.1 cm³/mol. The summed E-state index contributed by atoms with van der Waals surface area (Å²) in [5.74, 6) is 0.664. The van der Waals surface area contributed by atoms with E-state index < -0.39 is 0 Å². The lowest BCUT2D eigenvalue weighted by atomic mass is 9.91. The van der Waals surface area contributed by atoms with E-state index in [9.17, 15) is 4.39 Å². The van der Waals surface area contributed by atoms with Crippen molar-refractivity contribution in [3.8, 4) is 0 Å². The van der Waals surface area contributed by atoms with E-state index in [0.29, 0.717) is 0 Å². The third-order valence-corrected chi connectivity index (χ3v) is 3.41. The molecule has 1 N–H and O–H groups in total. The maximum atomic E-state index is 13.3. The smallest absolute Gasteiger partial charge is 0.126 e. The van der Waals surface area contributed by atoms with Crippen molar-refractivity contribution in [3.63, 3.8) is 0 Å². The minimum absolute atomic E-state index is 0.0620. The van der Waals surface area contributed by atoms with Gasteiger partial charge in [0.25, 0.3) is 0 Å². The van der Waals surface area contributed by atoms with Gasteiger partial charge in [-0.2, -0.15) is 0 Å². The number of halogens is 1. The van der Waals surface area contributed by atoms with Gasteiger partial charge < -0.3 is 5.32 Å². The molecule has 0 saturated carbocycles. The number of hydrogen-bond acceptors (Lipinski definition) is 1. The SMILES string of the molecule is CCc1cc(CC2CCCNC2)ccc1F. The molecule has 1 aliphatic heterocycles. The molecule has 1 fully saturated rings. The molecule has 1 aliphatic rings. The zero-order chi connectivity index (χ0) is 11.4. The quantitative estimate of drug-likeness (QED) is 0.827. The fourth-order valence-electron chi connectivity index (χ4n) is 2.46. The Bertz CT molecular complexity index is 343. The maximum absolute atomic E-state index is 13.3. The fourth-order valence-corrected chi connectivity index (χ4v) is 2.46. The third kappa shape index (κ3) is 2.82. The summed E-state index contributed by atoms with van der Waals surface area (Å²) >= 11 is 0. The van der Waals surface area contributed by atoms with Crippen LogP contribution in [-0.2, 0) is 12.8 Å². The highest BCUT2D eigenvalue weighted by Crippen LogP contribution is 2.18. The summed E-state index contributed by atoms with van der Waals surface area (Å²) in [6.07, 6.45) is 4.43. The Morgan fingerprint density at radius 3 is 3.00 bits per heavy atom. The lowest BCUT2D eigenvalue weighted by Crippen LogP contribution is -2.30. The van der Waals surface area contributed by atoms with E-state index in [0.717, 1.165) is 37.4 Å². The van der Waals surface area contributed by atoms with Crippen LogP contribution in [0.1, 0.15) is 30.9 Å². The number of aryl methyl sites for hydroxylation is 1. The van der Waals surface area contributed by atoms with Crippen molar-refractivity contribution in [2.45, 2.75) is 32.6 Å². The first kappa shape index (κ1) is 11.6. The fraction of sp³-hybridized carbons (Fsp3) is 0.571. The van der Waals surface area contributed by atoms with Gasteiger partial charge >= 0.3 is 0 Å². The summed E-state index contributed by atoms with van der Waals surface area (Å²) in [6, 6.07) is 5.58. The lowest BCUT2D eigenvalue weighted by molar-refractivity contribution is 0.376. The molecule has 0 amide bonds. The molecule has 1 unspecified atom stereocenters. The van der Waals surface area contributed by atoms with E-state index >= 15 is 0 Å². The average molecular weight is 221 g/mol. The molecule has 88 valence electrons. The minimum Gasteiger partial charge on any atom is -0.316 e. The second kappa shape index (κ2) is 5.44. The second-order valence-electron chi connectivity index (χ2n) is 4.70. The predicted octanol–water partition coefficient (Wildman–Crippen LogP) is 2.93. The summed E-state index contributed by atoms with van der Waals surface area (Å²) in [5.41, 5.74) is 2.13. The Morgan fingerprint density at radius 1 is 1.44 bits per heavy atom. The molecule has 1 aromatic rings. The Hall–Kier alpha value is -0.890. The Kier molecular flexibility index (Phi) is 3.94. The molecule has 0 bridgehead atoms. The number of nitrogens with one attached hydrogen (secondary N) is 1. The van der Waals surface area contributed by atoms with Gasteiger partial charge in [0, 0.05) is 0 Å². The van der Waals surface area contributed by atoms with Crippen molar-refractivity contribution in [1.29, 1.82) is 0 Å². The second-order valence-corrected chi connectivity index (χ2v) is 4.70. The Labute approximate surface area is 97.1 Å². The molecule has 0 aliphatic carbocycles. The highest BCUT2D eigenvalue weighted by Gasteiger charge is 2.13. The molecule has 1 atom stereocenters. The van der Waals surface area contributed by atoms with Crippen molar-refractivity contribution in [3.05, 3.63) is 35.1 Å². The van der Waals surface area contributed by atoms with E-state index in [2.05, 4.69) is 5.32 Å².